The number of nitrogens with zero attached hydrogens (tertiary/aromatic N) is 3. The van der Waals surface area contributed by atoms with Gasteiger partial charge in [-0.25, -0.2) is 0 Å². The number of fused-ring (bicyclic) bond motifs is 1. The molecule has 2 heterocycles. The summed E-state index contributed by atoms with van der Waals surface area (Å²) in [6, 6.07) is 15.2. The molecule has 5 rings (SSSR count). The van der Waals surface area contributed by atoms with Crippen LogP contribution >= 0.6 is 24.8 Å². The number of rotatable bonds is 13. The van der Waals surface area contributed by atoms with Gasteiger partial charge in [0.05, 0.1) is 25.1 Å². The number of likely N-dealkylation sites (N-methyl/N-ethyl adjacent to an activating group) is 1. The molecule has 0 bridgehead atoms. The predicted octanol–water partition coefficient (Wildman–Crippen LogP) is 4.91. The van der Waals surface area contributed by atoms with Gasteiger partial charge in [-0.3, -0.25) is 19.2 Å². The Bertz CT molecular complexity index is 1710. The van der Waals surface area contributed by atoms with E-state index >= 15 is 0 Å². The fourth-order valence-electron chi connectivity index (χ4n) is 6.15. The molecule has 0 aliphatic carbocycles. The number of piperazine rings is 1. The molecular formula is C37H48Cl2N6O6. The Morgan fingerprint density at radius 3 is 2.41 bits per heavy atom. The minimum Gasteiger partial charge on any atom is -0.495 e. The predicted molar refractivity (Wildman–Crippen MR) is 204 cm³/mol. The normalized spacial score (nSPS) is 15.0. The summed E-state index contributed by atoms with van der Waals surface area (Å²) in [5.41, 5.74) is 9.69. The number of carbonyl (C=O) groups is 4. The molecule has 1 atom stereocenters. The van der Waals surface area contributed by atoms with Crippen molar-refractivity contribution >= 4 is 65.5 Å². The fraction of sp³-hybridized carbons (Fsp3) is 0.405. The molecule has 12 nitrogen and oxygen atoms in total. The zero-order chi connectivity index (χ0) is 35.1. The van der Waals surface area contributed by atoms with Crippen molar-refractivity contribution in [3.63, 3.8) is 0 Å². The Labute approximate surface area is 311 Å². The van der Waals surface area contributed by atoms with E-state index in [1.54, 1.807) is 43.4 Å². The molecular weight excluding hydrogens is 695 g/mol. The molecule has 0 aromatic heterocycles. The van der Waals surface area contributed by atoms with E-state index in [1.807, 2.05) is 30.0 Å². The number of hydrogen-bond acceptors (Lipinski definition) is 8. The van der Waals surface area contributed by atoms with Crippen LogP contribution < -0.4 is 30.7 Å². The van der Waals surface area contributed by atoms with E-state index in [1.165, 1.54) is 12.0 Å². The van der Waals surface area contributed by atoms with Crippen LogP contribution in [0.3, 0.4) is 0 Å². The third-order valence-electron chi connectivity index (χ3n) is 9.13. The van der Waals surface area contributed by atoms with Crippen LogP contribution in [0.2, 0.25) is 0 Å². The van der Waals surface area contributed by atoms with Crippen molar-refractivity contribution in [3.8, 4) is 11.5 Å². The van der Waals surface area contributed by atoms with Gasteiger partial charge < -0.3 is 40.5 Å². The molecule has 51 heavy (non-hydrogen) atoms. The summed E-state index contributed by atoms with van der Waals surface area (Å²) in [5.74, 6) is 0.000448. The van der Waals surface area contributed by atoms with E-state index in [2.05, 4.69) is 22.6 Å². The lowest BCUT2D eigenvalue weighted by atomic mass is 10.0. The number of halogens is 2. The number of methoxy groups -OCH3 is 1. The highest BCUT2D eigenvalue weighted by Crippen LogP contribution is 2.33. The minimum atomic E-state index is -0.575. The molecule has 0 radical (unpaired) electrons. The lowest BCUT2D eigenvalue weighted by molar-refractivity contribution is -0.132. The Morgan fingerprint density at radius 1 is 0.961 bits per heavy atom. The zero-order valence-electron chi connectivity index (χ0n) is 29.5. The summed E-state index contributed by atoms with van der Waals surface area (Å²) in [5, 5.41) is 5.94. The quantitative estimate of drug-likeness (QED) is 0.210. The first-order chi connectivity index (χ1) is 23.5. The summed E-state index contributed by atoms with van der Waals surface area (Å²) in [7, 11) is 5.24. The van der Waals surface area contributed by atoms with Gasteiger partial charge in [-0.1, -0.05) is 12.1 Å². The van der Waals surface area contributed by atoms with Crippen LogP contribution in [-0.4, -0.2) is 93.5 Å². The standard InChI is InChI=1S/C37H46N6O6.2ClH/c1-24-12-15-31(33(21-24)49-20-7-5-6-11-34(44)43-18-16-41(2)17-19-43)42(3)37(47)25-13-14-29(32(22-25)48-4)40-36(46)26-9-8-10-28-27(26)23-30(39-28)35(38)45;;/h8-10,12-15,21-22,30,39H,5-7,11,16-20,23H2,1-4H3,(H2,38,45)(H,40,46);2*1H. The van der Waals surface area contributed by atoms with Gasteiger partial charge in [0.15, 0.2) is 0 Å². The molecule has 3 aromatic rings. The smallest absolute Gasteiger partial charge is 0.258 e. The molecule has 4 N–H and O–H groups in total. The highest BCUT2D eigenvalue weighted by Gasteiger charge is 2.29. The first-order valence-electron chi connectivity index (χ1n) is 16.7. The van der Waals surface area contributed by atoms with Crippen molar-refractivity contribution in [1.82, 2.24) is 9.80 Å². The minimum absolute atomic E-state index is 0. The van der Waals surface area contributed by atoms with Crippen molar-refractivity contribution in [1.29, 1.82) is 0 Å². The topological polar surface area (TPSA) is 147 Å². The second-order valence-corrected chi connectivity index (χ2v) is 12.7. The van der Waals surface area contributed by atoms with Crippen LogP contribution in [0.1, 0.15) is 57.5 Å². The molecule has 1 unspecified atom stereocenters. The summed E-state index contributed by atoms with van der Waals surface area (Å²) < 4.78 is 11.7. The molecule has 2 aliphatic rings. The lowest BCUT2D eigenvalue weighted by Crippen LogP contribution is -2.47. The Morgan fingerprint density at radius 2 is 1.71 bits per heavy atom. The average Bonchev–Trinajstić information content (AvgIpc) is 3.55. The number of amides is 4. The maximum Gasteiger partial charge on any atom is 0.258 e. The Hall–Kier alpha value is -4.52. The van der Waals surface area contributed by atoms with Gasteiger partial charge in [-0.2, -0.15) is 0 Å². The number of anilines is 3. The van der Waals surface area contributed by atoms with Crippen LogP contribution in [0.4, 0.5) is 17.1 Å². The summed E-state index contributed by atoms with van der Waals surface area (Å²) >= 11 is 0. The second kappa shape index (κ2) is 18.6. The van der Waals surface area contributed by atoms with Gasteiger partial charge in [0.1, 0.15) is 17.5 Å². The number of nitrogens with two attached hydrogens (primary N) is 1. The Balaban J connectivity index is 0.00000351. The molecule has 1 saturated heterocycles. The van der Waals surface area contributed by atoms with Crippen LogP contribution in [0.25, 0.3) is 0 Å². The SMILES string of the molecule is COc1cc(C(=O)N(C)c2ccc(C)cc2OCCCCCC(=O)N2CCN(C)CC2)ccc1NC(=O)c1cccc2c1CC(C(N)=O)N2.Cl.Cl. The van der Waals surface area contributed by atoms with E-state index in [0.717, 1.165) is 51.0 Å². The number of carbonyl (C=O) groups excluding carboxylic acids is 4. The first-order valence-corrected chi connectivity index (χ1v) is 16.7. The average molecular weight is 744 g/mol. The third kappa shape index (κ3) is 10.1. The van der Waals surface area contributed by atoms with Gasteiger partial charge in [-0.05, 0) is 86.8 Å². The maximum atomic E-state index is 13.7. The molecule has 1 fully saturated rings. The molecule has 4 amide bonds. The van der Waals surface area contributed by atoms with Gasteiger partial charge in [0, 0.05) is 62.9 Å². The molecule has 2 aliphatic heterocycles. The van der Waals surface area contributed by atoms with Crippen LogP contribution in [-0.2, 0) is 16.0 Å². The van der Waals surface area contributed by atoms with Crippen molar-refractivity contribution in [2.24, 2.45) is 5.73 Å². The van der Waals surface area contributed by atoms with Gasteiger partial charge in [0.2, 0.25) is 11.8 Å². The molecule has 276 valence electrons. The van der Waals surface area contributed by atoms with Crippen molar-refractivity contribution in [2.75, 3.05) is 69.5 Å². The van der Waals surface area contributed by atoms with E-state index in [0.29, 0.717) is 64.7 Å². The summed E-state index contributed by atoms with van der Waals surface area (Å²) in [6.07, 6.45) is 3.33. The highest BCUT2D eigenvalue weighted by molar-refractivity contribution is 6.09. The summed E-state index contributed by atoms with van der Waals surface area (Å²) in [6.45, 7) is 5.86. The number of nitrogens with one attached hydrogen (secondary N) is 2. The number of benzene rings is 3. The van der Waals surface area contributed by atoms with Crippen LogP contribution in [0, 0.1) is 6.92 Å². The molecule has 0 spiro atoms. The number of hydrogen-bond donors (Lipinski definition) is 3. The third-order valence-corrected chi connectivity index (χ3v) is 9.13. The van der Waals surface area contributed by atoms with Crippen LogP contribution in [0.5, 0.6) is 11.5 Å². The summed E-state index contributed by atoms with van der Waals surface area (Å²) in [4.78, 5) is 57.0. The van der Waals surface area contributed by atoms with Crippen molar-refractivity contribution < 1.29 is 28.7 Å². The van der Waals surface area contributed by atoms with Gasteiger partial charge in [0.25, 0.3) is 11.8 Å². The zero-order valence-corrected chi connectivity index (χ0v) is 31.2. The van der Waals surface area contributed by atoms with Crippen molar-refractivity contribution in [3.05, 3.63) is 76.9 Å². The molecule has 0 saturated carbocycles. The number of aryl methyl sites for hydroxylation is 1. The first kappa shape index (κ1) is 40.9. The number of primary amides is 1. The van der Waals surface area contributed by atoms with Crippen LogP contribution in [0.15, 0.2) is 54.6 Å². The highest BCUT2D eigenvalue weighted by atomic mass is 35.5. The molecule has 14 heteroatoms. The van der Waals surface area contributed by atoms with E-state index < -0.39 is 11.9 Å². The van der Waals surface area contributed by atoms with Gasteiger partial charge in [-0.15, -0.1) is 24.8 Å². The monoisotopic (exact) mass is 742 g/mol. The number of unbranched alkanes of at least 4 members (excludes halogenated alkanes) is 2. The number of ether oxygens (including phenoxy) is 2. The maximum absolute atomic E-state index is 13.7. The molecule has 3 aromatic carbocycles. The Kier molecular flexibility index (Phi) is 15.0. The van der Waals surface area contributed by atoms with Crippen molar-refractivity contribution in [2.45, 2.75) is 45.1 Å². The lowest BCUT2D eigenvalue weighted by Gasteiger charge is -2.32. The van der Waals surface area contributed by atoms with E-state index in [-0.39, 0.29) is 42.5 Å². The fourth-order valence-corrected chi connectivity index (χ4v) is 6.15. The van der Waals surface area contributed by atoms with E-state index in [9.17, 15) is 19.2 Å². The second-order valence-electron chi connectivity index (χ2n) is 12.7. The van der Waals surface area contributed by atoms with Gasteiger partial charge >= 0.3 is 0 Å². The largest absolute Gasteiger partial charge is 0.495 e. The van der Waals surface area contributed by atoms with E-state index in [4.69, 9.17) is 15.2 Å².